The van der Waals surface area contributed by atoms with Crippen LogP contribution in [0, 0.1) is 13.8 Å². The molecule has 0 unspecified atom stereocenters. The second-order valence-electron chi connectivity index (χ2n) is 6.85. The van der Waals surface area contributed by atoms with Gasteiger partial charge in [-0.2, -0.15) is 5.10 Å². The van der Waals surface area contributed by atoms with Gasteiger partial charge in [-0.05, 0) is 64.4 Å². The van der Waals surface area contributed by atoms with E-state index >= 15 is 0 Å². The molecule has 6 nitrogen and oxygen atoms in total. The number of sulfone groups is 1. The van der Waals surface area contributed by atoms with Crippen LogP contribution in [0.1, 0.15) is 17.0 Å². The second-order valence-corrected chi connectivity index (χ2v) is 9.97. The van der Waals surface area contributed by atoms with Gasteiger partial charge in [-0.15, -0.1) is 24.2 Å². The highest BCUT2D eigenvalue weighted by Crippen LogP contribution is 2.34. The zero-order valence-electron chi connectivity index (χ0n) is 16.9. The van der Waals surface area contributed by atoms with E-state index in [0.717, 1.165) is 29.9 Å². The third-order valence-corrected chi connectivity index (χ3v) is 7.46. The maximum absolute atomic E-state index is 13.4. The smallest absolute Gasteiger partial charge is 0.213 e. The van der Waals surface area contributed by atoms with Crippen molar-refractivity contribution in [1.29, 1.82) is 0 Å². The Morgan fingerprint density at radius 2 is 1.93 bits per heavy atom. The topological polar surface area (TPSA) is 67.6 Å². The van der Waals surface area contributed by atoms with Crippen molar-refractivity contribution in [3.05, 3.63) is 46.2 Å². The average molecular weight is 475 g/mol. The van der Waals surface area contributed by atoms with Gasteiger partial charge in [0, 0.05) is 23.0 Å². The summed E-state index contributed by atoms with van der Waals surface area (Å²) in [6.45, 7) is 4.75. The number of rotatable bonds is 6. The first-order valence-electron chi connectivity index (χ1n) is 8.75. The fourth-order valence-corrected chi connectivity index (χ4v) is 5.83. The molecule has 3 aromatic rings. The second kappa shape index (κ2) is 9.22. The lowest BCUT2D eigenvalue weighted by molar-refractivity contribution is 0.412. The molecule has 2 heterocycles. The Bertz CT molecular complexity index is 1140. The minimum Gasteiger partial charge on any atom is -0.309 e. The number of fused-ring (bicyclic) bond motifs is 1. The number of nitrogens with zero attached hydrogens (tertiary/aromatic N) is 4. The van der Waals surface area contributed by atoms with E-state index in [9.17, 15) is 8.42 Å². The predicted molar refractivity (Wildman–Crippen MR) is 121 cm³/mol. The lowest BCUT2D eigenvalue weighted by atomic mass is 10.1. The highest BCUT2D eigenvalue weighted by molar-refractivity contribution is 7.99. The fourth-order valence-electron chi connectivity index (χ4n) is 3.14. The van der Waals surface area contributed by atoms with Crippen LogP contribution in [0.25, 0.3) is 5.65 Å². The lowest BCUT2D eigenvalue weighted by Crippen LogP contribution is -2.17. The Morgan fingerprint density at radius 1 is 1.24 bits per heavy atom. The van der Waals surface area contributed by atoms with Gasteiger partial charge in [-0.3, -0.25) is 0 Å². The Balaban J connectivity index is 0.00000300. The number of halogens is 2. The van der Waals surface area contributed by atoms with E-state index in [1.165, 1.54) is 17.8 Å². The van der Waals surface area contributed by atoms with Crippen LogP contribution in [0.4, 0.5) is 0 Å². The zero-order valence-corrected chi connectivity index (χ0v) is 20.1. The summed E-state index contributed by atoms with van der Waals surface area (Å²) in [6, 6.07) is 6.27. The minimum absolute atomic E-state index is 0. The van der Waals surface area contributed by atoms with Crippen molar-refractivity contribution >= 4 is 51.3 Å². The van der Waals surface area contributed by atoms with E-state index in [2.05, 4.69) is 15.0 Å². The molecular weight excluding hydrogens is 451 g/mol. The molecular formula is C19H24Cl2N4O2S2. The van der Waals surface area contributed by atoms with E-state index in [0.29, 0.717) is 15.7 Å². The van der Waals surface area contributed by atoms with E-state index in [-0.39, 0.29) is 22.2 Å². The van der Waals surface area contributed by atoms with Gasteiger partial charge in [0.25, 0.3) is 0 Å². The van der Waals surface area contributed by atoms with Crippen LogP contribution in [-0.2, 0) is 16.3 Å². The van der Waals surface area contributed by atoms with E-state index in [4.69, 9.17) is 11.6 Å². The number of benzene rings is 1. The largest absolute Gasteiger partial charge is 0.309 e. The molecule has 158 valence electrons. The molecule has 0 spiro atoms. The van der Waals surface area contributed by atoms with Gasteiger partial charge in [0.1, 0.15) is 5.03 Å². The van der Waals surface area contributed by atoms with Crippen LogP contribution in [0.3, 0.4) is 0 Å². The number of thioether (sulfide) groups is 1. The molecule has 29 heavy (non-hydrogen) atoms. The normalized spacial score (nSPS) is 11.8. The van der Waals surface area contributed by atoms with Gasteiger partial charge in [0.15, 0.2) is 10.5 Å². The molecule has 10 heteroatoms. The molecule has 0 radical (unpaired) electrons. The number of aryl methyl sites for hydroxylation is 2. The molecule has 2 aromatic heterocycles. The molecule has 1 aromatic carbocycles. The number of hydrogen-bond acceptors (Lipinski definition) is 6. The Morgan fingerprint density at radius 3 is 2.52 bits per heavy atom. The molecule has 0 fully saturated rings. The molecule has 0 saturated carbocycles. The van der Waals surface area contributed by atoms with Crippen LogP contribution >= 0.6 is 35.8 Å². The van der Waals surface area contributed by atoms with Crippen molar-refractivity contribution in [3.63, 3.8) is 0 Å². The SMILES string of the molecule is CSc1nn2c(C)c(CCN(C)C)c(C)nc2c1S(=O)(=O)c1cccc(Cl)c1.Cl. The Hall–Kier alpha value is -1.32. The summed E-state index contributed by atoms with van der Waals surface area (Å²) in [5.41, 5.74) is 3.17. The monoisotopic (exact) mass is 474 g/mol. The van der Waals surface area contributed by atoms with Crippen LogP contribution in [-0.4, -0.2) is 54.8 Å². The lowest BCUT2D eigenvalue weighted by Gasteiger charge is -2.14. The third kappa shape index (κ3) is 4.56. The number of hydrogen-bond donors (Lipinski definition) is 0. The third-order valence-electron chi connectivity index (χ3n) is 4.63. The first-order valence-corrected chi connectivity index (χ1v) is 11.8. The number of likely N-dealkylation sites (N-methyl/N-ethyl adjacent to an activating group) is 1. The highest BCUT2D eigenvalue weighted by atomic mass is 35.5. The summed E-state index contributed by atoms with van der Waals surface area (Å²) < 4.78 is 28.4. The average Bonchev–Trinajstić information content (AvgIpc) is 3.00. The molecule has 0 bridgehead atoms. The molecule has 0 atom stereocenters. The van der Waals surface area contributed by atoms with Gasteiger partial charge in [0.05, 0.1) is 4.90 Å². The summed E-state index contributed by atoms with van der Waals surface area (Å²) >= 11 is 7.32. The summed E-state index contributed by atoms with van der Waals surface area (Å²) in [5.74, 6) is 0. The molecule has 0 aliphatic rings. The van der Waals surface area contributed by atoms with Gasteiger partial charge in [0.2, 0.25) is 9.84 Å². The Kier molecular flexibility index (Phi) is 7.62. The van der Waals surface area contributed by atoms with Crippen molar-refractivity contribution in [2.24, 2.45) is 0 Å². The van der Waals surface area contributed by atoms with Crippen LogP contribution in [0.2, 0.25) is 5.02 Å². The quantitative estimate of drug-likeness (QED) is 0.501. The first kappa shape index (κ1) is 24.0. The maximum Gasteiger partial charge on any atom is 0.213 e. The van der Waals surface area contributed by atoms with Gasteiger partial charge in [-0.1, -0.05) is 17.7 Å². The highest BCUT2D eigenvalue weighted by Gasteiger charge is 2.30. The van der Waals surface area contributed by atoms with Gasteiger partial charge < -0.3 is 4.90 Å². The zero-order chi connectivity index (χ0) is 20.6. The minimum atomic E-state index is -3.82. The maximum atomic E-state index is 13.4. The van der Waals surface area contributed by atoms with E-state index < -0.39 is 9.84 Å². The molecule has 0 aliphatic carbocycles. The van der Waals surface area contributed by atoms with E-state index in [1.54, 1.807) is 22.7 Å². The first-order chi connectivity index (χ1) is 13.2. The molecule has 3 rings (SSSR count). The van der Waals surface area contributed by atoms with Crippen molar-refractivity contribution in [1.82, 2.24) is 19.5 Å². The summed E-state index contributed by atoms with van der Waals surface area (Å²) in [6.07, 6.45) is 2.63. The van der Waals surface area contributed by atoms with Gasteiger partial charge >= 0.3 is 0 Å². The molecule has 0 saturated heterocycles. The molecule has 0 aliphatic heterocycles. The fraction of sp³-hybridized carbons (Fsp3) is 0.368. The van der Waals surface area contributed by atoms with E-state index in [1.807, 2.05) is 34.2 Å². The van der Waals surface area contributed by atoms with Crippen LogP contribution < -0.4 is 0 Å². The number of aromatic nitrogens is 3. The standard InChI is InChI=1S/C19H23ClN4O2S2.ClH/c1-12-16(9-10-23(3)4)13(2)24-18(21-12)17(19(22-24)27-5)28(25,26)15-8-6-7-14(20)11-15;/h6-8,11H,9-10H2,1-5H3;1H. The van der Waals surface area contributed by atoms with Crippen molar-refractivity contribution in [3.8, 4) is 0 Å². The summed E-state index contributed by atoms with van der Waals surface area (Å²) in [5, 5.41) is 5.37. The van der Waals surface area contributed by atoms with Crippen molar-refractivity contribution < 1.29 is 8.42 Å². The molecule has 0 amide bonds. The predicted octanol–water partition coefficient (Wildman–Crippen LogP) is 4.08. The van der Waals surface area contributed by atoms with Crippen molar-refractivity contribution in [2.75, 3.05) is 26.9 Å². The summed E-state index contributed by atoms with van der Waals surface area (Å²) in [7, 11) is 0.221. The Labute approximate surface area is 187 Å². The summed E-state index contributed by atoms with van der Waals surface area (Å²) in [4.78, 5) is 7.03. The van der Waals surface area contributed by atoms with Gasteiger partial charge in [-0.25, -0.2) is 17.9 Å². The van der Waals surface area contributed by atoms with Crippen LogP contribution in [0.5, 0.6) is 0 Å². The van der Waals surface area contributed by atoms with Crippen molar-refractivity contribution in [2.45, 2.75) is 35.1 Å². The van der Waals surface area contributed by atoms with Crippen LogP contribution in [0.15, 0.2) is 39.1 Å². The molecule has 0 N–H and O–H groups in total.